The van der Waals surface area contributed by atoms with Gasteiger partial charge in [0.05, 0.1) is 19.1 Å². The van der Waals surface area contributed by atoms with E-state index >= 15 is 0 Å². The number of rotatable bonds is 5. The molecule has 1 aromatic heterocycles. The lowest BCUT2D eigenvalue weighted by Gasteiger charge is -2.27. The molecule has 0 aliphatic carbocycles. The Bertz CT molecular complexity index is 1450. The van der Waals surface area contributed by atoms with Crippen molar-refractivity contribution in [2.75, 3.05) is 7.11 Å². The summed E-state index contributed by atoms with van der Waals surface area (Å²) in [6.07, 6.45) is 0.731. The molecule has 1 aliphatic heterocycles. The first-order valence-electron chi connectivity index (χ1n) is 11.2. The number of ether oxygens (including phenoxy) is 2. The minimum absolute atomic E-state index is 0.0968. The second-order valence-corrected chi connectivity index (χ2v) is 8.57. The molecule has 4 aromatic rings. The molecule has 0 bridgehead atoms. The number of benzene rings is 3. The maximum absolute atomic E-state index is 13.8. The van der Waals surface area contributed by atoms with Gasteiger partial charge < -0.3 is 19.1 Å². The number of nitrogens with zero attached hydrogens (tertiary/aromatic N) is 1. The second-order valence-electron chi connectivity index (χ2n) is 8.57. The van der Waals surface area contributed by atoms with Crippen molar-refractivity contribution in [3.63, 3.8) is 0 Å². The Kier molecular flexibility index (Phi) is 5.57. The molecule has 3 aromatic carbocycles. The van der Waals surface area contributed by atoms with E-state index in [1.165, 1.54) is 0 Å². The number of pyridine rings is 1. The van der Waals surface area contributed by atoms with Crippen LogP contribution in [0.15, 0.2) is 71.5 Å². The average Bonchev–Trinajstić information content (AvgIpc) is 2.83. The van der Waals surface area contributed by atoms with Crippen molar-refractivity contribution in [3.05, 3.63) is 99.5 Å². The van der Waals surface area contributed by atoms with Crippen LogP contribution in [0.4, 0.5) is 0 Å². The van der Waals surface area contributed by atoms with E-state index in [1.54, 1.807) is 29.9 Å². The lowest BCUT2D eigenvalue weighted by Crippen LogP contribution is -2.33. The molecule has 0 saturated heterocycles. The van der Waals surface area contributed by atoms with Crippen molar-refractivity contribution < 1.29 is 19.4 Å². The van der Waals surface area contributed by atoms with Gasteiger partial charge in [-0.05, 0) is 48.1 Å². The maximum atomic E-state index is 13.8. The zero-order valence-electron chi connectivity index (χ0n) is 19.1. The van der Waals surface area contributed by atoms with Crippen LogP contribution in [0.1, 0.15) is 34.7 Å². The number of esters is 1. The van der Waals surface area contributed by atoms with E-state index in [9.17, 15) is 14.7 Å². The summed E-state index contributed by atoms with van der Waals surface area (Å²) in [5.41, 5.74) is 3.01. The monoisotopic (exact) mass is 455 g/mol. The fraction of sp³-hybridized carbons (Fsp3) is 0.214. The maximum Gasteiger partial charge on any atom is 0.312 e. The van der Waals surface area contributed by atoms with Gasteiger partial charge in [-0.2, -0.15) is 0 Å². The molecule has 6 nitrogen and oxygen atoms in total. The number of phenols is 1. The molecule has 0 fully saturated rings. The molecule has 0 amide bonds. The number of carbonyl (C=O) groups excluding carboxylic acids is 1. The molecular weight excluding hydrogens is 430 g/mol. The topological polar surface area (TPSA) is 77.8 Å². The Hall–Kier alpha value is -4.06. The summed E-state index contributed by atoms with van der Waals surface area (Å²) in [5.74, 6) is 0.526. The Morgan fingerprint density at radius 2 is 1.76 bits per heavy atom. The number of hydrogen-bond donors (Lipinski definition) is 1. The van der Waals surface area contributed by atoms with E-state index in [0.717, 1.165) is 33.3 Å². The lowest BCUT2D eigenvalue weighted by atomic mass is 9.84. The second kappa shape index (κ2) is 8.71. The van der Waals surface area contributed by atoms with Crippen LogP contribution in [-0.4, -0.2) is 22.8 Å². The van der Waals surface area contributed by atoms with E-state index in [-0.39, 0.29) is 23.7 Å². The van der Waals surface area contributed by atoms with E-state index < -0.39 is 5.92 Å². The number of carbonyl (C=O) groups is 1. The molecule has 0 radical (unpaired) electrons. The zero-order chi connectivity index (χ0) is 23.8. The van der Waals surface area contributed by atoms with E-state index in [1.807, 2.05) is 55.5 Å². The largest absolute Gasteiger partial charge is 0.508 e. The Balaban J connectivity index is 1.61. The molecule has 5 rings (SSSR count). The summed E-state index contributed by atoms with van der Waals surface area (Å²) in [7, 11) is 1.63. The van der Waals surface area contributed by atoms with Crippen LogP contribution in [-0.2, 0) is 17.8 Å². The highest BCUT2D eigenvalue weighted by atomic mass is 16.5. The molecule has 1 N–H and O–H groups in total. The van der Waals surface area contributed by atoms with E-state index in [0.29, 0.717) is 24.3 Å². The highest BCUT2D eigenvalue weighted by Gasteiger charge is 2.33. The van der Waals surface area contributed by atoms with Crippen LogP contribution in [0.3, 0.4) is 0 Å². The van der Waals surface area contributed by atoms with Crippen molar-refractivity contribution in [1.82, 2.24) is 4.57 Å². The van der Waals surface area contributed by atoms with Gasteiger partial charge in [0.2, 0.25) is 0 Å². The highest BCUT2D eigenvalue weighted by molar-refractivity contribution is 5.92. The molecule has 2 heterocycles. The van der Waals surface area contributed by atoms with Crippen molar-refractivity contribution in [2.45, 2.75) is 32.2 Å². The van der Waals surface area contributed by atoms with Gasteiger partial charge in [0.25, 0.3) is 5.56 Å². The summed E-state index contributed by atoms with van der Waals surface area (Å²) >= 11 is 0. The number of methoxy groups -OCH3 is 1. The minimum Gasteiger partial charge on any atom is -0.508 e. The first-order valence-corrected chi connectivity index (χ1v) is 11.2. The van der Waals surface area contributed by atoms with Crippen LogP contribution in [0.25, 0.3) is 10.8 Å². The summed E-state index contributed by atoms with van der Waals surface area (Å²) in [4.78, 5) is 26.3. The van der Waals surface area contributed by atoms with Gasteiger partial charge in [0.15, 0.2) is 0 Å². The van der Waals surface area contributed by atoms with Gasteiger partial charge in [-0.15, -0.1) is 0 Å². The molecule has 172 valence electrons. The summed E-state index contributed by atoms with van der Waals surface area (Å²) in [5, 5.41) is 11.4. The van der Waals surface area contributed by atoms with E-state index in [4.69, 9.17) is 9.47 Å². The van der Waals surface area contributed by atoms with Crippen LogP contribution >= 0.6 is 0 Å². The third-order valence-electron chi connectivity index (χ3n) is 6.52. The first-order chi connectivity index (χ1) is 16.5. The van der Waals surface area contributed by atoms with Crippen molar-refractivity contribution in [3.8, 4) is 17.2 Å². The Morgan fingerprint density at radius 1 is 1.03 bits per heavy atom. The molecule has 1 unspecified atom stereocenters. The SMILES string of the molecule is COc1ccc(C2CC(=O)Oc3cc(C)n(CCc4ccc(O)cc4)c(=O)c32)c2ccccc12. The first kappa shape index (κ1) is 21.8. The predicted octanol–water partition coefficient (Wildman–Crippen LogP) is 4.71. The summed E-state index contributed by atoms with van der Waals surface area (Å²) in [6.45, 7) is 2.32. The lowest BCUT2D eigenvalue weighted by molar-refractivity contribution is -0.135. The van der Waals surface area contributed by atoms with Gasteiger partial charge in [0.1, 0.15) is 17.2 Å². The number of hydrogen-bond acceptors (Lipinski definition) is 5. The van der Waals surface area contributed by atoms with Crippen molar-refractivity contribution in [1.29, 1.82) is 0 Å². The zero-order valence-corrected chi connectivity index (χ0v) is 19.1. The number of fused-ring (bicyclic) bond motifs is 2. The number of aromatic nitrogens is 1. The summed E-state index contributed by atoms with van der Waals surface area (Å²) in [6, 6.07) is 20.4. The third-order valence-corrected chi connectivity index (χ3v) is 6.52. The molecule has 1 atom stereocenters. The third kappa shape index (κ3) is 3.81. The van der Waals surface area contributed by atoms with Crippen LogP contribution in [0, 0.1) is 6.92 Å². The fourth-order valence-corrected chi connectivity index (χ4v) is 4.82. The van der Waals surface area contributed by atoms with Crippen molar-refractivity contribution in [2.24, 2.45) is 0 Å². The standard InChI is InChI=1S/C28H25NO5/c1-17-15-25-27(28(32)29(17)14-13-18-7-9-19(30)10-8-18)23(16-26(31)34-25)21-11-12-24(33-2)22-6-4-3-5-20(21)22/h3-12,15,23,30H,13-14,16H2,1-2H3. The molecule has 34 heavy (non-hydrogen) atoms. The smallest absolute Gasteiger partial charge is 0.312 e. The minimum atomic E-state index is -0.417. The van der Waals surface area contributed by atoms with Crippen LogP contribution in [0.2, 0.25) is 0 Å². The Labute approximate surface area is 197 Å². The van der Waals surface area contributed by atoms with Gasteiger partial charge in [-0.3, -0.25) is 9.59 Å². The number of aryl methyl sites for hydroxylation is 2. The molecule has 0 spiro atoms. The molecular formula is C28H25NO5. The van der Waals surface area contributed by atoms with Gasteiger partial charge in [-0.1, -0.05) is 42.5 Å². The van der Waals surface area contributed by atoms with E-state index in [2.05, 4.69) is 0 Å². The van der Waals surface area contributed by atoms with Crippen LogP contribution < -0.4 is 15.0 Å². The van der Waals surface area contributed by atoms with Gasteiger partial charge in [-0.25, -0.2) is 0 Å². The summed E-state index contributed by atoms with van der Waals surface area (Å²) < 4.78 is 12.8. The molecule has 6 heteroatoms. The average molecular weight is 456 g/mol. The quantitative estimate of drug-likeness (QED) is 0.441. The van der Waals surface area contributed by atoms with Crippen LogP contribution in [0.5, 0.6) is 17.2 Å². The predicted molar refractivity (Wildman–Crippen MR) is 130 cm³/mol. The van der Waals surface area contributed by atoms with Crippen molar-refractivity contribution >= 4 is 16.7 Å². The molecule has 1 aliphatic rings. The highest BCUT2D eigenvalue weighted by Crippen LogP contribution is 2.41. The number of phenolic OH excluding ortho intramolecular Hbond substituents is 1. The fourth-order valence-electron chi connectivity index (χ4n) is 4.82. The number of aromatic hydroxyl groups is 1. The van der Waals surface area contributed by atoms with Gasteiger partial charge >= 0.3 is 5.97 Å². The normalized spacial score (nSPS) is 15.1. The van der Waals surface area contributed by atoms with Gasteiger partial charge in [0, 0.05) is 29.6 Å². The Morgan fingerprint density at radius 3 is 2.50 bits per heavy atom. The molecule has 0 saturated carbocycles.